The Hall–Kier alpha value is -3.53. The summed E-state index contributed by atoms with van der Waals surface area (Å²) in [4.78, 5) is 0. The number of hydrogen-bond donors (Lipinski definition) is 0. The zero-order valence-electron chi connectivity index (χ0n) is 17.8. The monoisotopic (exact) mass is 395 g/mol. The highest BCUT2D eigenvalue weighted by molar-refractivity contribution is 6.02. The van der Waals surface area contributed by atoms with Gasteiger partial charge in [-0.05, 0) is 63.6 Å². The summed E-state index contributed by atoms with van der Waals surface area (Å²) in [6, 6.07) is 21.0. The normalized spacial score (nSPS) is 11.5. The van der Waals surface area contributed by atoms with Crippen LogP contribution in [0.1, 0.15) is 24.0 Å². The van der Waals surface area contributed by atoms with Crippen LogP contribution in [-0.4, -0.2) is 20.8 Å². The van der Waals surface area contributed by atoms with Gasteiger partial charge in [0.25, 0.3) is 0 Å². The van der Waals surface area contributed by atoms with Crippen molar-refractivity contribution in [1.82, 2.24) is 14.2 Å². The van der Waals surface area contributed by atoms with E-state index in [1.54, 1.807) is 0 Å². The van der Waals surface area contributed by atoms with Crippen LogP contribution in [0.3, 0.4) is 0 Å². The Morgan fingerprint density at radius 2 is 1.53 bits per heavy atom. The molecule has 0 fully saturated rings. The minimum Gasteiger partial charge on any atom is -0.494 e. The molecule has 0 radical (unpaired) electrons. The van der Waals surface area contributed by atoms with Gasteiger partial charge in [0.05, 0.1) is 17.8 Å². The van der Waals surface area contributed by atoms with Crippen LogP contribution >= 0.6 is 0 Å². The summed E-state index contributed by atoms with van der Waals surface area (Å²) in [7, 11) is 0. The molecule has 0 aliphatic carbocycles. The molecule has 4 nitrogen and oxygen atoms in total. The highest BCUT2D eigenvalue weighted by Crippen LogP contribution is 2.35. The van der Waals surface area contributed by atoms with E-state index in [1.165, 1.54) is 33.3 Å². The van der Waals surface area contributed by atoms with Crippen molar-refractivity contribution in [2.45, 2.75) is 27.7 Å². The van der Waals surface area contributed by atoms with Gasteiger partial charge in [0.15, 0.2) is 0 Å². The van der Waals surface area contributed by atoms with Gasteiger partial charge in [0, 0.05) is 39.6 Å². The standard InChI is InChI=1S/C26H25N3O/c1-5-30-23-13-11-22(12-14-23)29-18(3)25-17(2)27-28-16-21(20-9-7-6-8-10-20)15-24(28)26(25)19(29)4/h6-16H,5H2,1-4H3. The van der Waals surface area contributed by atoms with E-state index in [2.05, 4.69) is 74.0 Å². The number of nitrogens with zero attached hydrogens (tertiary/aromatic N) is 3. The van der Waals surface area contributed by atoms with E-state index in [4.69, 9.17) is 9.84 Å². The summed E-state index contributed by atoms with van der Waals surface area (Å²) < 4.78 is 9.96. The first-order valence-corrected chi connectivity index (χ1v) is 10.4. The van der Waals surface area contributed by atoms with E-state index >= 15 is 0 Å². The van der Waals surface area contributed by atoms with Gasteiger partial charge in [-0.2, -0.15) is 5.10 Å². The van der Waals surface area contributed by atoms with E-state index in [-0.39, 0.29) is 0 Å². The third-order valence-corrected chi connectivity index (χ3v) is 5.83. The predicted octanol–water partition coefficient (Wildman–Crippen LogP) is 6.27. The van der Waals surface area contributed by atoms with E-state index in [0.29, 0.717) is 6.61 Å². The van der Waals surface area contributed by atoms with Crippen molar-refractivity contribution in [2.24, 2.45) is 0 Å². The van der Waals surface area contributed by atoms with Gasteiger partial charge in [-0.1, -0.05) is 30.3 Å². The van der Waals surface area contributed by atoms with Crippen LogP contribution < -0.4 is 4.74 Å². The van der Waals surface area contributed by atoms with E-state index in [9.17, 15) is 0 Å². The van der Waals surface area contributed by atoms with Crippen LogP contribution in [0.15, 0.2) is 66.9 Å². The molecule has 0 N–H and O–H groups in total. The fraction of sp³-hybridized carbons (Fsp3) is 0.192. The summed E-state index contributed by atoms with van der Waals surface area (Å²) in [6.07, 6.45) is 2.13. The molecule has 2 aromatic carbocycles. The third-order valence-electron chi connectivity index (χ3n) is 5.83. The number of aryl methyl sites for hydroxylation is 3. The molecule has 30 heavy (non-hydrogen) atoms. The summed E-state index contributed by atoms with van der Waals surface area (Å²) in [6.45, 7) is 9.14. The lowest BCUT2D eigenvalue weighted by Gasteiger charge is -2.10. The van der Waals surface area contributed by atoms with Crippen LogP contribution in [0.25, 0.3) is 33.1 Å². The van der Waals surface area contributed by atoms with Crippen molar-refractivity contribution in [2.75, 3.05) is 6.61 Å². The Morgan fingerprint density at radius 3 is 2.23 bits per heavy atom. The van der Waals surface area contributed by atoms with Gasteiger partial charge in [-0.15, -0.1) is 0 Å². The molecule has 0 bridgehead atoms. The lowest BCUT2D eigenvalue weighted by Crippen LogP contribution is -1.99. The van der Waals surface area contributed by atoms with Gasteiger partial charge in [0.2, 0.25) is 0 Å². The highest BCUT2D eigenvalue weighted by atomic mass is 16.5. The van der Waals surface area contributed by atoms with Crippen molar-refractivity contribution >= 4 is 16.3 Å². The number of ether oxygens (including phenoxy) is 1. The molecular formula is C26H25N3O. The molecule has 5 aromatic rings. The molecule has 4 heteroatoms. The van der Waals surface area contributed by atoms with Crippen molar-refractivity contribution in [3.8, 4) is 22.6 Å². The first-order valence-electron chi connectivity index (χ1n) is 10.4. The van der Waals surface area contributed by atoms with Gasteiger partial charge in [-0.25, -0.2) is 4.52 Å². The number of rotatable bonds is 4. The lowest BCUT2D eigenvalue weighted by atomic mass is 10.1. The number of aromatic nitrogens is 3. The Bertz CT molecular complexity index is 1360. The maximum absolute atomic E-state index is 5.62. The molecule has 0 aliphatic rings. The summed E-state index contributed by atoms with van der Waals surface area (Å²) in [5, 5.41) is 7.37. The molecular weight excluding hydrogens is 370 g/mol. The van der Waals surface area contributed by atoms with Gasteiger partial charge in [0.1, 0.15) is 5.75 Å². The van der Waals surface area contributed by atoms with Gasteiger partial charge >= 0.3 is 0 Å². The lowest BCUT2D eigenvalue weighted by molar-refractivity contribution is 0.340. The number of benzene rings is 2. The van der Waals surface area contributed by atoms with Gasteiger partial charge in [-0.3, -0.25) is 0 Å². The smallest absolute Gasteiger partial charge is 0.119 e. The molecule has 0 amide bonds. The van der Waals surface area contributed by atoms with Crippen molar-refractivity contribution in [3.63, 3.8) is 0 Å². The molecule has 0 saturated heterocycles. The number of fused-ring (bicyclic) bond motifs is 3. The second-order valence-corrected chi connectivity index (χ2v) is 7.69. The molecule has 5 rings (SSSR count). The molecule has 150 valence electrons. The Morgan fingerprint density at radius 1 is 0.833 bits per heavy atom. The summed E-state index contributed by atoms with van der Waals surface area (Å²) in [5.74, 6) is 0.896. The summed E-state index contributed by atoms with van der Waals surface area (Å²) >= 11 is 0. The summed E-state index contributed by atoms with van der Waals surface area (Å²) in [5.41, 5.74) is 8.13. The number of hydrogen-bond acceptors (Lipinski definition) is 2. The minimum absolute atomic E-state index is 0.672. The fourth-order valence-electron chi connectivity index (χ4n) is 4.56. The average molecular weight is 396 g/mol. The zero-order valence-corrected chi connectivity index (χ0v) is 17.8. The molecule has 3 aromatic heterocycles. The maximum atomic E-state index is 5.62. The van der Waals surface area contributed by atoms with Crippen LogP contribution in [-0.2, 0) is 0 Å². The van der Waals surface area contributed by atoms with E-state index < -0.39 is 0 Å². The molecule has 3 heterocycles. The van der Waals surface area contributed by atoms with E-state index in [1.807, 2.05) is 29.6 Å². The first-order chi connectivity index (χ1) is 14.6. The Balaban J connectivity index is 1.75. The van der Waals surface area contributed by atoms with Crippen LogP contribution in [0.2, 0.25) is 0 Å². The molecule has 0 aliphatic heterocycles. The van der Waals surface area contributed by atoms with Crippen molar-refractivity contribution in [1.29, 1.82) is 0 Å². The maximum Gasteiger partial charge on any atom is 0.119 e. The van der Waals surface area contributed by atoms with E-state index in [0.717, 1.165) is 22.6 Å². The minimum atomic E-state index is 0.672. The van der Waals surface area contributed by atoms with Crippen molar-refractivity contribution in [3.05, 3.63) is 83.9 Å². The molecule has 0 saturated carbocycles. The Labute approximate surface area is 176 Å². The molecule has 0 unspecified atom stereocenters. The van der Waals surface area contributed by atoms with Crippen LogP contribution in [0.5, 0.6) is 5.75 Å². The second-order valence-electron chi connectivity index (χ2n) is 7.69. The second kappa shape index (κ2) is 7.06. The largest absolute Gasteiger partial charge is 0.494 e. The third kappa shape index (κ3) is 2.79. The molecule has 0 spiro atoms. The van der Waals surface area contributed by atoms with Crippen LogP contribution in [0.4, 0.5) is 0 Å². The Kier molecular flexibility index (Phi) is 4.35. The van der Waals surface area contributed by atoms with Gasteiger partial charge < -0.3 is 9.30 Å². The topological polar surface area (TPSA) is 31.5 Å². The predicted molar refractivity (Wildman–Crippen MR) is 123 cm³/mol. The molecule has 0 atom stereocenters. The highest BCUT2D eigenvalue weighted by Gasteiger charge is 2.19. The SMILES string of the molecule is CCOc1ccc(-n2c(C)c3c(C)nn4cc(-c5ccccc5)cc4c3c2C)cc1. The quantitative estimate of drug-likeness (QED) is 0.359. The fourth-order valence-corrected chi connectivity index (χ4v) is 4.56. The average Bonchev–Trinajstić information content (AvgIpc) is 3.29. The van der Waals surface area contributed by atoms with Crippen molar-refractivity contribution < 1.29 is 4.74 Å². The first kappa shape index (κ1) is 18.5. The zero-order chi connectivity index (χ0) is 20.8. The van der Waals surface area contributed by atoms with Crippen LogP contribution in [0, 0.1) is 20.8 Å².